The van der Waals surface area contributed by atoms with E-state index < -0.39 is 15.8 Å². The van der Waals surface area contributed by atoms with Gasteiger partial charge in [-0.2, -0.15) is 4.31 Å². The number of sulfonamides is 1. The van der Waals surface area contributed by atoms with Crippen molar-refractivity contribution in [2.75, 3.05) is 20.1 Å². The molecule has 0 aliphatic carbocycles. The van der Waals surface area contributed by atoms with Crippen molar-refractivity contribution in [3.05, 3.63) is 29.1 Å². The van der Waals surface area contributed by atoms with E-state index in [2.05, 4.69) is 12.2 Å². The second-order valence-electron chi connectivity index (χ2n) is 6.08. The topological polar surface area (TPSA) is 49.4 Å². The van der Waals surface area contributed by atoms with E-state index in [0.717, 1.165) is 12.8 Å². The second-order valence-corrected chi connectivity index (χ2v) is 7.96. The Labute approximate surface area is 126 Å². The van der Waals surface area contributed by atoms with Gasteiger partial charge in [0.2, 0.25) is 10.0 Å². The van der Waals surface area contributed by atoms with E-state index in [0.29, 0.717) is 24.2 Å². The summed E-state index contributed by atoms with van der Waals surface area (Å²) in [7, 11) is -1.66. The number of rotatable bonds is 3. The highest BCUT2D eigenvalue weighted by Crippen LogP contribution is 2.29. The fraction of sp³-hybridized carbons (Fsp3) is 0.600. The summed E-state index contributed by atoms with van der Waals surface area (Å²) in [6.07, 6.45) is 1.53. The van der Waals surface area contributed by atoms with Gasteiger partial charge in [-0.15, -0.1) is 0 Å². The Morgan fingerprint density at radius 2 is 1.67 bits per heavy atom. The minimum Gasteiger partial charge on any atom is -0.314 e. The molecular weight excluding hydrogens is 291 g/mol. The maximum absolute atomic E-state index is 13.4. The number of piperidine rings is 1. The highest BCUT2D eigenvalue weighted by Gasteiger charge is 2.35. The van der Waals surface area contributed by atoms with Gasteiger partial charge >= 0.3 is 0 Å². The summed E-state index contributed by atoms with van der Waals surface area (Å²) >= 11 is 0. The van der Waals surface area contributed by atoms with E-state index in [1.54, 1.807) is 13.8 Å². The molecule has 1 aliphatic heterocycles. The Hall–Kier alpha value is -0.980. The summed E-state index contributed by atoms with van der Waals surface area (Å²) in [5, 5.41) is 3.25. The van der Waals surface area contributed by atoms with Gasteiger partial charge in [-0.25, -0.2) is 12.8 Å². The predicted molar refractivity (Wildman–Crippen MR) is 81.3 cm³/mol. The molecule has 1 fully saturated rings. The largest absolute Gasteiger partial charge is 0.314 e. The maximum Gasteiger partial charge on any atom is 0.243 e. The first-order valence-corrected chi connectivity index (χ1v) is 8.59. The van der Waals surface area contributed by atoms with E-state index in [4.69, 9.17) is 0 Å². The second kappa shape index (κ2) is 5.66. The summed E-state index contributed by atoms with van der Waals surface area (Å²) in [6, 6.07) is 2.56. The first kappa shape index (κ1) is 16.4. The lowest BCUT2D eigenvalue weighted by Gasteiger charge is -2.38. The van der Waals surface area contributed by atoms with Crippen molar-refractivity contribution >= 4 is 10.0 Å². The molecule has 21 heavy (non-hydrogen) atoms. The SMILES string of the molecule is CNC1(C)CCN(S(=O)(=O)c2c(C)cc(F)cc2C)CC1. The molecule has 6 heteroatoms. The number of aryl methyl sites for hydroxylation is 2. The van der Waals surface area contributed by atoms with Gasteiger partial charge in [0.25, 0.3) is 0 Å². The highest BCUT2D eigenvalue weighted by molar-refractivity contribution is 7.89. The van der Waals surface area contributed by atoms with Crippen LogP contribution in [0.15, 0.2) is 17.0 Å². The Balaban J connectivity index is 2.33. The molecule has 0 atom stereocenters. The van der Waals surface area contributed by atoms with E-state index in [-0.39, 0.29) is 10.4 Å². The molecule has 118 valence electrons. The average Bonchev–Trinajstić information content (AvgIpc) is 2.37. The Morgan fingerprint density at radius 3 is 2.10 bits per heavy atom. The Kier molecular flexibility index (Phi) is 4.42. The monoisotopic (exact) mass is 314 g/mol. The van der Waals surface area contributed by atoms with Crippen LogP contribution in [0.3, 0.4) is 0 Å². The zero-order valence-corrected chi connectivity index (χ0v) is 13.8. The standard InChI is InChI=1S/C15H23FN2O2S/c1-11-9-13(16)10-12(2)14(11)21(19,20)18-7-5-15(3,17-4)6-8-18/h9-10,17H,5-8H2,1-4H3. The number of benzene rings is 1. The summed E-state index contributed by atoms with van der Waals surface area (Å²) in [5.41, 5.74) is 0.919. The predicted octanol–water partition coefficient (Wildman–Crippen LogP) is 2.21. The van der Waals surface area contributed by atoms with E-state index in [1.165, 1.54) is 16.4 Å². The van der Waals surface area contributed by atoms with Crippen molar-refractivity contribution in [3.8, 4) is 0 Å². The average molecular weight is 314 g/mol. The van der Waals surface area contributed by atoms with Crippen LogP contribution in [0.4, 0.5) is 4.39 Å². The quantitative estimate of drug-likeness (QED) is 0.930. The lowest BCUT2D eigenvalue weighted by atomic mass is 9.91. The highest BCUT2D eigenvalue weighted by atomic mass is 32.2. The van der Waals surface area contributed by atoms with Crippen LogP contribution in [0, 0.1) is 19.7 Å². The molecule has 1 aliphatic rings. The van der Waals surface area contributed by atoms with E-state index in [9.17, 15) is 12.8 Å². The molecule has 1 saturated heterocycles. The molecule has 0 aromatic heterocycles. The van der Waals surface area contributed by atoms with E-state index >= 15 is 0 Å². The van der Waals surface area contributed by atoms with Crippen molar-refractivity contribution in [2.24, 2.45) is 0 Å². The molecular formula is C15H23FN2O2S. The molecule has 1 N–H and O–H groups in total. The van der Waals surface area contributed by atoms with Crippen molar-refractivity contribution in [2.45, 2.75) is 44.0 Å². The summed E-state index contributed by atoms with van der Waals surface area (Å²) in [5.74, 6) is -0.398. The minimum absolute atomic E-state index is 0.0150. The lowest BCUT2D eigenvalue weighted by Crippen LogP contribution is -2.51. The van der Waals surface area contributed by atoms with Crippen molar-refractivity contribution in [1.29, 1.82) is 0 Å². The van der Waals surface area contributed by atoms with Crippen LogP contribution in [-0.4, -0.2) is 38.4 Å². The van der Waals surface area contributed by atoms with Crippen LogP contribution < -0.4 is 5.32 Å². The van der Waals surface area contributed by atoms with Crippen LogP contribution in [0.2, 0.25) is 0 Å². The zero-order valence-electron chi connectivity index (χ0n) is 13.0. The number of halogens is 1. The summed E-state index contributed by atoms with van der Waals surface area (Å²) in [6.45, 7) is 6.35. The number of hydrogen-bond acceptors (Lipinski definition) is 3. The first-order chi connectivity index (χ1) is 9.69. The van der Waals surface area contributed by atoms with Crippen LogP contribution in [-0.2, 0) is 10.0 Å². The van der Waals surface area contributed by atoms with Gasteiger partial charge in [0, 0.05) is 18.6 Å². The maximum atomic E-state index is 13.4. The van der Waals surface area contributed by atoms with Gasteiger partial charge in [0.05, 0.1) is 4.90 Å². The molecule has 1 aromatic carbocycles. The molecule has 0 amide bonds. The normalized spacial score (nSPS) is 19.7. The van der Waals surface area contributed by atoms with Gasteiger partial charge < -0.3 is 5.32 Å². The van der Waals surface area contributed by atoms with Gasteiger partial charge in [-0.05, 0) is 63.9 Å². The van der Waals surface area contributed by atoms with Gasteiger partial charge in [-0.3, -0.25) is 0 Å². The van der Waals surface area contributed by atoms with Crippen LogP contribution in [0.25, 0.3) is 0 Å². The fourth-order valence-corrected chi connectivity index (χ4v) is 4.76. The molecule has 1 aromatic rings. The molecule has 0 spiro atoms. The van der Waals surface area contributed by atoms with Crippen molar-refractivity contribution in [1.82, 2.24) is 9.62 Å². The zero-order chi connectivity index (χ0) is 15.8. The molecule has 0 bridgehead atoms. The molecule has 0 radical (unpaired) electrons. The fourth-order valence-electron chi connectivity index (χ4n) is 2.90. The Bertz CT molecular complexity index is 612. The summed E-state index contributed by atoms with van der Waals surface area (Å²) < 4.78 is 40.5. The molecule has 2 rings (SSSR count). The number of hydrogen-bond donors (Lipinski definition) is 1. The van der Waals surface area contributed by atoms with Crippen LogP contribution in [0.1, 0.15) is 30.9 Å². The van der Waals surface area contributed by atoms with E-state index in [1.807, 2.05) is 7.05 Å². The first-order valence-electron chi connectivity index (χ1n) is 7.15. The van der Waals surface area contributed by atoms with Gasteiger partial charge in [0.1, 0.15) is 5.82 Å². The third-order valence-electron chi connectivity index (χ3n) is 4.45. The molecule has 0 unspecified atom stereocenters. The molecule has 4 nitrogen and oxygen atoms in total. The lowest BCUT2D eigenvalue weighted by molar-refractivity contribution is 0.219. The molecule has 0 saturated carbocycles. The Morgan fingerprint density at radius 1 is 1.19 bits per heavy atom. The number of nitrogens with zero attached hydrogens (tertiary/aromatic N) is 1. The van der Waals surface area contributed by atoms with Crippen LogP contribution >= 0.6 is 0 Å². The number of nitrogens with one attached hydrogen (secondary N) is 1. The van der Waals surface area contributed by atoms with Crippen LogP contribution in [0.5, 0.6) is 0 Å². The smallest absolute Gasteiger partial charge is 0.243 e. The third kappa shape index (κ3) is 3.12. The third-order valence-corrected chi connectivity index (χ3v) is 6.66. The van der Waals surface area contributed by atoms with Gasteiger partial charge in [-0.1, -0.05) is 0 Å². The van der Waals surface area contributed by atoms with Crippen molar-refractivity contribution < 1.29 is 12.8 Å². The van der Waals surface area contributed by atoms with Crippen molar-refractivity contribution in [3.63, 3.8) is 0 Å². The summed E-state index contributed by atoms with van der Waals surface area (Å²) in [4.78, 5) is 0.247. The van der Waals surface area contributed by atoms with Gasteiger partial charge in [0.15, 0.2) is 0 Å². The minimum atomic E-state index is -3.56. The molecule has 1 heterocycles.